The van der Waals surface area contributed by atoms with Crippen LogP contribution in [0, 0.1) is 17.5 Å². The fourth-order valence-corrected chi connectivity index (χ4v) is 3.09. The average Bonchev–Trinajstić information content (AvgIpc) is 2.78. The molecule has 2 aromatic carbocycles. The van der Waals surface area contributed by atoms with Gasteiger partial charge in [-0.1, -0.05) is 0 Å². The molecule has 0 aliphatic carbocycles. The summed E-state index contributed by atoms with van der Waals surface area (Å²) in [6.07, 6.45) is 0. The molecular weight excluding hydrogens is 355 g/mol. The Labute approximate surface area is 134 Å². The zero-order valence-electron chi connectivity index (χ0n) is 11.4. The van der Waals surface area contributed by atoms with Crippen LogP contribution in [0.25, 0.3) is 16.7 Å². The highest BCUT2D eigenvalue weighted by atomic mass is 79.9. The number of methoxy groups -OCH3 is 1. The summed E-state index contributed by atoms with van der Waals surface area (Å²) in [6, 6.07) is 8.84. The van der Waals surface area contributed by atoms with E-state index in [-0.39, 0.29) is 5.82 Å². The second kappa shape index (κ2) is 5.27. The number of aromatic nitrogens is 2. The van der Waals surface area contributed by atoms with Gasteiger partial charge in [-0.2, -0.15) is 0 Å². The maximum atomic E-state index is 13.9. The Hall–Kier alpha value is -1.66. The van der Waals surface area contributed by atoms with Crippen molar-refractivity contribution in [1.29, 1.82) is 0 Å². The Morgan fingerprint density at radius 1 is 1.29 bits per heavy atom. The Morgan fingerprint density at radius 2 is 2.05 bits per heavy atom. The first-order valence-electron chi connectivity index (χ1n) is 6.26. The van der Waals surface area contributed by atoms with Gasteiger partial charge in [0.15, 0.2) is 4.77 Å². The molecule has 0 aliphatic rings. The van der Waals surface area contributed by atoms with E-state index in [0.29, 0.717) is 14.9 Å². The van der Waals surface area contributed by atoms with Gasteiger partial charge in [0, 0.05) is 6.07 Å². The topological polar surface area (TPSA) is 29.9 Å². The quantitative estimate of drug-likeness (QED) is 0.653. The molecule has 108 valence electrons. The summed E-state index contributed by atoms with van der Waals surface area (Å²) in [5, 5.41) is 0. The van der Waals surface area contributed by atoms with Gasteiger partial charge in [-0.05, 0) is 64.9 Å². The Kier molecular flexibility index (Phi) is 3.59. The predicted molar refractivity (Wildman–Crippen MR) is 87.4 cm³/mol. The van der Waals surface area contributed by atoms with Gasteiger partial charge >= 0.3 is 0 Å². The number of hydrogen-bond acceptors (Lipinski definition) is 2. The lowest BCUT2D eigenvalue weighted by Crippen LogP contribution is -1.99. The van der Waals surface area contributed by atoms with E-state index in [1.807, 2.05) is 29.7 Å². The number of hydrogen-bond donors (Lipinski definition) is 1. The van der Waals surface area contributed by atoms with Gasteiger partial charge in [-0.15, -0.1) is 0 Å². The molecule has 0 spiro atoms. The van der Waals surface area contributed by atoms with Crippen molar-refractivity contribution in [2.24, 2.45) is 0 Å². The second-order valence-corrected chi connectivity index (χ2v) is 5.94. The summed E-state index contributed by atoms with van der Waals surface area (Å²) >= 11 is 8.58. The van der Waals surface area contributed by atoms with Gasteiger partial charge in [0.1, 0.15) is 11.6 Å². The Balaban J connectivity index is 2.36. The molecule has 0 saturated carbocycles. The molecule has 3 rings (SSSR count). The second-order valence-electron chi connectivity index (χ2n) is 4.70. The molecule has 0 atom stereocenters. The van der Waals surface area contributed by atoms with Crippen LogP contribution < -0.4 is 4.74 Å². The lowest BCUT2D eigenvalue weighted by Gasteiger charge is -2.10. The molecule has 1 aromatic heterocycles. The zero-order chi connectivity index (χ0) is 15.1. The maximum absolute atomic E-state index is 13.9. The molecule has 0 bridgehead atoms. The average molecular weight is 367 g/mol. The van der Waals surface area contributed by atoms with Crippen LogP contribution in [0.1, 0.15) is 5.56 Å². The molecule has 1 N–H and O–H groups in total. The first kappa shape index (κ1) is 14.3. The van der Waals surface area contributed by atoms with Gasteiger partial charge in [-0.3, -0.25) is 4.57 Å². The van der Waals surface area contributed by atoms with Crippen molar-refractivity contribution >= 4 is 39.2 Å². The van der Waals surface area contributed by atoms with Crippen molar-refractivity contribution in [3.8, 4) is 11.4 Å². The van der Waals surface area contributed by atoms with E-state index in [1.54, 1.807) is 13.2 Å². The summed E-state index contributed by atoms with van der Waals surface area (Å²) in [6.45, 7) is 1.92. The van der Waals surface area contributed by atoms with E-state index in [9.17, 15) is 4.39 Å². The number of aryl methyl sites for hydroxylation is 1. The van der Waals surface area contributed by atoms with Crippen molar-refractivity contribution in [3.63, 3.8) is 0 Å². The van der Waals surface area contributed by atoms with Crippen molar-refractivity contribution < 1.29 is 9.13 Å². The summed E-state index contributed by atoms with van der Waals surface area (Å²) in [4.78, 5) is 3.13. The van der Waals surface area contributed by atoms with Crippen LogP contribution in [0.3, 0.4) is 0 Å². The van der Waals surface area contributed by atoms with E-state index < -0.39 is 0 Å². The number of H-pyrrole nitrogens is 1. The SMILES string of the molecule is COc1ccc2[nH]c(=S)n(-c3cc(F)c(Br)cc3C)c2c1. The Morgan fingerprint density at radius 3 is 2.76 bits per heavy atom. The molecule has 0 unspecified atom stereocenters. The van der Waals surface area contributed by atoms with Crippen molar-refractivity contribution in [1.82, 2.24) is 9.55 Å². The number of imidazole rings is 1. The maximum Gasteiger partial charge on any atom is 0.182 e. The molecule has 3 nitrogen and oxygen atoms in total. The molecule has 21 heavy (non-hydrogen) atoms. The van der Waals surface area contributed by atoms with Gasteiger partial charge in [0.05, 0.1) is 28.3 Å². The number of halogens is 2. The van der Waals surface area contributed by atoms with E-state index in [1.165, 1.54) is 6.07 Å². The van der Waals surface area contributed by atoms with Crippen molar-refractivity contribution in [3.05, 3.63) is 51.0 Å². The molecule has 1 heterocycles. The first-order valence-corrected chi connectivity index (χ1v) is 7.46. The monoisotopic (exact) mass is 366 g/mol. The molecule has 0 saturated heterocycles. The molecule has 0 amide bonds. The third kappa shape index (κ3) is 2.38. The van der Waals surface area contributed by atoms with E-state index in [0.717, 1.165) is 22.3 Å². The highest BCUT2D eigenvalue weighted by Gasteiger charge is 2.12. The van der Waals surface area contributed by atoms with Crippen molar-refractivity contribution in [2.45, 2.75) is 6.92 Å². The molecule has 3 aromatic rings. The van der Waals surface area contributed by atoms with E-state index >= 15 is 0 Å². The number of benzene rings is 2. The van der Waals surface area contributed by atoms with Gasteiger partial charge in [-0.25, -0.2) is 4.39 Å². The van der Waals surface area contributed by atoms with Crippen LogP contribution >= 0.6 is 28.1 Å². The minimum Gasteiger partial charge on any atom is -0.497 e. The van der Waals surface area contributed by atoms with Crippen LogP contribution in [0.4, 0.5) is 4.39 Å². The predicted octanol–water partition coefficient (Wildman–Crippen LogP) is 4.91. The summed E-state index contributed by atoms with van der Waals surface area (Å²) in [5.74, 6) is 0.398. The van der Waals surface area contributed by atoms with E-state index in [4.69, 9.17) is 17.0 Å². The number of aromatic amines is 1. The minimum atomic E-state index is -0.324. The fraction of sp³-hybridized carbons (Fsp3) is 0.133. The molecule has 0 radical (unpaired) electrons. The third-order valence-corrected chi connectivity index (χ3v) is 4.26. The lowest BCUT2D eigenvalue weighted by molar-refractivity contribution is 0.415. The number of ether oxygens (including phenoxy) is 1. The van der Waals surface area contributed by atoms with Crippen LogP contribution in [0.2, 0.25) is 0 Å². The molecule has 0 aliphatic heterocycles. The normalized spacial score (nSPS) is 11.0. The standard InChI is InChI=1S/C15H12BrFN2OS/c1-8-5-10(16)11(17)7-13(8)19-14-6-9(20-2)3-4-12(14)18-15(19)21/h3-7H,1-2H3,(H,18,21). The summed E-state index contributed by atoms with van der Waals surface area (Å²) < 4.78 is 21.9. The van der Waals surface area contributed by atoms with Crippen LogP contribution in [0.15, 0.2) is 34.8 Å². The third-order valence-electron chi connectivity index (χ3n) is 3.37. The largest absolute Gasteiger partial charge is 0.497 e. The smallest absolute Gasteiger partial charge is 0.182 e. The molecule has 6 heteroatoms. The number of nitrogens with zero attached hydrogens (tertiary/aromatic N) is 1. The van der Waals surface area contributed by atoms with Crippen LogP contribution in [-0.2, 0) is 0 Å². The minimum absolute atomic E-state index is 0.324. The number of fused-ring (bicyclic) bond motifs is 1. The van der Waals surface area contributed by atoms with Crippen LogP contribution in [-0.4, -0.2) is 16.7 Å². The van der Waals surface area contributed by atoms with E-state index in [2.05, 4.69) is 20.9 Å². The highest BCUT2D eigenvalue weighted by Crippen LogP contribution is 2.28. The van der Waals surface area contributed by atoms with Gasteiger partial charge in [0.25, 0.3) is 0 Å². The van der Waals surface area contributed by atoms with Gasteiger partial charge < -0.3 is 9.72 Å². The highest BCUT2D eigenvalue weighted by molar-refractivity contribution is 9.10. The fourth-order valence-electron chi connectivity index (χ4n) is 2.33. The zero-order valence-corrected chi connectivity index (χ0v) is 13.8. The summed E-state index contributed by atoms with van der Waals surface area (Å²) in [7, 11) is 1.61. The lowest BCUT2D eigenvalue weighted by atomic mass is 10.2. The first-order chi connectivity index (χ1) is 10.0. The van der Waals surface area contributed by atoms with Crippen LogP contribution in [0.5, 0.6) is 5.75 Å². The van der Waals surface area contributed by atoms with Crippen molar-refractivity contribution in [2.75, 3.05) is 7.11 Å². The summed E-state index contributed by atoms with van der Waals surface area (Å²) in [5.41, 5.74) is 3.36. The Bertz CT molecular complexity index is 901. The van der Waals surface area contributed by atoms with Gasteiger partial charge in [0.2, 0.25) is 0 Å². The number of nitrogens with one attached hydrogen (secondary N) is 1. The number of rotatable bonds is 2. The molecule has 0 fully saturated rings. The molecular formula is C15H12BrFN2OS.